The van der Waals surface area contributed by atoms with Crippen molar-refractivity contribution >= 4 is 11.6 Å². The highest BCUT2D eigenvalue weighted by atomic mass is 16.5. The van der Waals surface area contributed by atoms with Crippen LogP contribution in [0, 0.1) is 0 Å². The SMILES string of the molecule is COc1cc(OC)c([C@H]2C=C(c3ccc(C(C)C)cc3)Nc3ncnn32)cc1OC. The average molecular weight is 406 g/mol. The number of methoxy groups -OCH3 is 3. The van der Waals surface area contributed by atoms with Gasteiger partial charge in [-0.3, -0.25) is 0 Å². The quantitative estimate of drug-likeness (QED) is 0.651. The number of aromatic nitrogens is 3. The van der Waals surface area contributed by atoms with Crippen LogP contribution in [0.5, 0.6) is 17.2 Å². The highest BCUT2D eigenvalue weighted by Crippen LogP contribution is 2.41. The number of anilines is 1. The van der Waals surface area contributed by atoms with Gasteiger partial charge < -0.3 is 19.5 Å². The molecule has 30 heavy (non-hydrogen) atoms. The smallest absolute Gasteiger partial charge is 0.226 e. The third-order valence-electron chi connectivity index (χ3n) is 5.35. The molecule has 3 aromatic rings. The Morgan fingerprint density at radius 3 is 2.23 bits per heavy atom. The predicted molar refractivity (Wildman–Crippen MR) is 116 cm³/mol. The van der Waals surface area contributed by atoms with Gasteiger partial charge >= 0.3 is 0 Å². The lowest BCUT2D eigenvalue weighted by Crippen LogP contribution is -2.21. The van der Waals surface area contributed by atoms with E-state index in [-0.39, 0.29) is 6.04 Å². The molecule has 7 nitrogen and oxygen atoms in total. The Hall–Kier alpha value is -3.48. The Balaban J connectivity index is 1.82. The van der Waals surface area contributed by atoms with Crippen molar-refractivity contribution in [3.63, 3.8) is 0 Å². The summed E-state index contributed by atoms with van der Waals surface area (Å²) in [7, 11) is 4.87. The van der Waals surface area contributed by atoms with E-state index < -0.39 is 0 Å². The van der Waals surface area contributed by atoms with E-state index in [1.54, 1.807) is 27.7 Å². The Morgan fingerprint density at radius 1 is 0.933 bits per heavy atom. The number of fused-ring (bicyclic) bond motifs is 1. The Bertz CT molecular complexity index is 1070. The first-order valence-corrected chi connectivity index (χ1v) is 9.84. The van der Waals surface area contributed by atoms with Gasteiger partial charge in [-0.1, -0.05) is 38.1 Å². The van der Waals surface area contributed by atoms with Crippen LogP contribution in [0.15, 0.2) is 48.8 Å². The second-order valence-corrected chi connectivity index (χ2v) is 7.40. The second-order valence-electron chi connectivity index (χ2n) is 7.40. The van der Waals surface area contributed by atoms with Gasteiger partial charge in [0.05, 0.1) is 21.3 Å². The summed E-state index contributed by atoms with van der Waals surface area (Å²) in [4.78, 5) is 4.39. The van der Waals surface area contributed by atoms with E-state index in [0.29, 0.717) is 29.1 Å². The second kappa shape index (κ2) is 8.10. The van der Waals surface area contributed by atoms with Crippen LogP contribution in [-0.4, -0.2) is 36.1 Å². The van der Waals surface area contributed by atoms with Gasteiger partial charge in [-0.25, -0.2) is 4.68 Å². The maximum absolute atomic E-state index is 5.67. The van der Waals surface area contributed by atoms with Gasteiger partial charge in [-0.05, 0) is 29.2 Å². The van der Waals surface area contributed by atoms with Crippen molar-refractivity contribution in [1.29, 1.82) is 0 Å². The molecule has 1 atom stereocenters. The molecular weight excluding hydrogens is 380 g/mol. The first-order chi connectivity index (χ1) is 14.5. The van der Waals surface area contributed by atoms with Gasteiger partial charge in [-0.15, -0.1) is 0 Å². The fraction of sp³-hybridized carbons (Fsp3) is 0.304. The van der Waals surface area contributed by atoms with Gasteiger partial charge in [0.25, 0.3) is 0 Å². The van der Waals surface area contributed by atoms with Crippen molar-refractivity contribution in [2.75, 3.05) is 26.6 Å². The van der Waals surface area contributed by atoms with Crippen LogP contribution >= 0.6 is 0 Å². The van der Waals surface area contributed by atoms with E-state index in [4.69, 9.17) is 14.2 Å². The molecule has 7 heteroatoms. The third-order valence-corrected chi connectivity index (χ3v) is 5.35. The van der Waals surface area contributed by atoms with Crippen LogP contribution in [0.2, 0.25) is 0 Å². The predicted octanol–water partition coefficient (Wildman–Crippen LogP) is 4.48. The Labute approximate surface area is 176 Å². The normalized spacial score (nSPS) is 15.3. The molecule has 0 saturated heterocycles. The maximum Gasteiger partial charge on any atom is 0.226 e. The summed E-state index contributed by atoms with van der Waals surface area (Å²) in [5, 5.41) is 7.81. The van der Waals surface area contributed by atoms with Crippen molar-refractivity contribution in [2.45, 2.75) is 25.8 Å². The number of benzene rings is 2. The molecule has 1 aliphatic heterocycles. The Morgan fingerprint density at radius 2 is 1.60 bits per heavy atom. The van der Waals surface area contributed by atoms with Crippen molar-refractivity contribution in [3.8, 4) is 17.2 Å². The Kier molecular flexibility index (Phi) is 5.35. The van der Waals surface area contributed by atoms with E-state index in [0.717, 1.165) is 16.8 Å². The summed E-state index contributed by atoms with van der Waals surface area (Å²) in [5.74, 6) is 3.08. The summed E-state index contributed by atoms with van der Waals surface area (Å²) < 4.78 is 18.4. The van der Waals surface area contributed by atoms with Gasteiger partial charge in [0, 0.05) is 17.3 Å². The van der Waals surface area contributed by atoms with Crippen LogP contribution in [-0.2, 0) is 0 Å². The molecule has 0 aliphatic carbocycles. The van der Waals surface area contributed by atoms with Crippen molar-refractivity contribution in [1.82, 2.24) is 14.8 Å². The lowest BCUT2D eigenvalue weighted by atomic mass is 9.98. The first kappa shape index (κ1) is 19.8. The molecule has 0 saturated carbocycles. The minimum absolute atomic E-state index is 0.224. The number of ether oxygens (including phenoxy) is 3. The lowest BCUT2D eigenvalue weighted by molar-refractivity contribution is 0.346. The molecular formula is C23H26N4O3. The molecule has 0 amide bonds. The summed E-state index contributed by atoms with van der Waals surface area (Å²) >= 11 is 0. The third kappa shape index (κ3) is 3.47. The van der Waals surface area contributed by atoms with Crippen LogP contribution in [0.1, 0.15) is 42.5 Å². The van der Waals surface area contributed by atoms with Crippen LogP contribution in [0.4, 0.5) is 5.95 Å². The summed E-state index contributed by atoms with van der Waals surface area (Å²) in [6, 6.07) is 12.1. The standard InChI is InChI=1S/C23H26N4O3/c1-14(2)15-6-8-16(9-7-15)18-11-19(27-23(26-18)24-13-25-27)17-10-21(29-4)22(30-5)12-20(17)28-3/h6-14,19H,1-5H3,(H,24,25,26)/t19-/m1/s1. The van der Waals surface area contributed by atoms with E-state index >= 15 is 0 Å². The summed E-state index contributed by atoms with van der Waals surface area (Å²) in [6.07, 6.45) is 3.66. The van der Waals surface area contributed by atoms with Crippen LogP contribution in [0.25, 0.3) is 5.70 Å². The molecule has 0 fully saturated rings. The van der Waals surface area contributed by atoms with Crippen molar-refractivity contribution < 1.29 is 14.2 Å². The highest BCUT2D eigenvalue weighted by molar-refractivity contribution is 5.77. The van der Waals surface area contributed by atoms with Crippen LogP contribution in [0.3, 0.4) is 0 Å². The lowest BCUT2D eigenvalue weighted by Gasteiger charge is -2.26. The fourth-order valence-electron chi connectivity index (χ4n) is 3.66. The molecule has 2 heterocycles. The zero-order valence-corrected chi connectivity index (χ0v) is 17.8. The topological polar surface area (TPSA) is 70.4 Å². The molecule has 0 unspecified atom stereocenters. The molecule has 1 N–H and O–H groups in total. The molecule has 2 aromatic carbocycles. The van der Waals surface area contributed by atoms with Gasteiger partial charge in [0.15, 0.2) is 11.5 Å². The highest BCUT2D eigenvalue weighted by Gasteiger charge is 2.27. The number of nitrogens with zero attached hydrogens (tertiary/aromatic N) is 3. The summed E-state index contributed by atoms with van der Waals surface area (Å²) in [5.41, 5.74) is 4.25. The van der Waals surface area contributed by atoms with Gasteiger partial charge in [0.1, 0.15) is 18.1 Å². The largest absolute Gasteiger partial charge is 0.496 e. The summed E-state index contributed by atoms with van der Waals surface area (Å²) in [6.45, 7) is 4.38. The van der Waals surface area contributed by atoms with E-state index in [9.17, 15) is 0 Å². The monoisotopic (exact) mass is 406 g/mol. The average Bonchev–Trinajstić information content (AvgIpc) is 3.26. The zero-order chi connectivity index (χ0) is 21.3. The maximum atomic E-state index is 5.67. The molecule has 0 spiro atoms. The molecule has 1 aromatic heterocycles. The minimum Gasteiger partial charge on any atom is -0.496 e. The van der Waals surface area contributed by atoms with E-state index in [2.05, 4.69) is 59.6 Å². The van der Waals surface area contributed by atoms with Gasteiger partial charge in [-0.2, -0.15) is 10.1 Å². The molecule has 156 valence electrons. The van der Waals surface area contributed by atoms with Crippen molar-refractivity contribution in [2.24, 2.45) is 0 Å². The van der Waals surface area contributed by atoms with E-state index in [1.807, 2.05) is 16.8 Å². The number of nitrogens with one attached hydrogen (secondary N) is 1. The molecule has 0 bridgehead atoms. The minimum atomic E-state index is -0.224. The first-order valence-electron chi connectivity index (χ1n) is 9.84. The molecule has 0 radical (unpaired) electrons. The number of rotatable bonds is 6. The molecule has 1 aliphatic rings. The fourth-order valence-corrected chi connectivity index (χ4v) is 3.66. The number of allylic oxidation sites excluding steroid dienone is 1. The van der Waals surface area contributed by atoms with E-state index in [1.165, 1.54) is 5.56 Å². The molecule has 4 rings (SSSR count). The number of hydrogen-bond acceptors (Lipinski definition) is 6. The van der Waals surface area contributed by atoms with Gasteiger partial charge in [0.2, 0.25) is 5.95 Å². The van der Waals surface area contributed by atoms with Crippen molar-refractivity contribution in [3.05, 3.63) is 65.5 Å². The zero-order valence-electron chi connectivity index (χ0n) is 17.8. The number of hydrogen-bond donors (Lipinski definition) is 1. The van der Waals surface area contributed by atoms with Crippen LogP contribution < -0.4 is 19.5 Å².